The third kappa shape index (κ3) is 6.68. The molecule has 1 spiro atoms. The van der Waals surface area contributed by atoms with Gasteiger partial charge in [0.1, 0.15) is 22.9 Å². The Hall–Kier alpha value is -2.87. The maximum atomic E-state index is 16.4. The summed E-state index contributed by atoms with van der Waals surface area (Å²) < 4.78 is 46.1. The van der Waals surface area contributed by atoms with Gasteiger partial charge in [-0.25, -0.2) is 4.39 Å². The molecule has 2 fully saturated rings. The van der Waals surface area contributed by atoms with Gasteiger partial charge in [0.25, 0.3) is 0 Å². The van der Waals surface area contributed by atoms with Crippen LogP contribution in [0.5, 0.6) is 5.75 Å². The lowest BCUT2D eigenvalue weighted by Gasteiger charge is -2.43. The second-order valence-electron chi connectivity index (χ2n) is 14.3. The first-order valence-electron chi connectivity index (χ1n) is 16.6. The van der Waals surface area contributed by atoms with Crippen LogP contribution in [0.3, 0.4) is 0 Å². The van der Waals surface area contributed by atoms with Crippen molar-refractivity contribution in [2.75, 3.05) is 41.0 Å². The van der Waals surface area contributed by atoms with Gasteiger partial charge in [0.2, 0.25) is 0 Å². The molecule has 45 heavy (non-hydrogen) atoms. The highest BCUT2D eigenvalue weighted by molar-refractivity contribution is 5.45. The van der Waals surface area contributed by atoms with Crippen LogP contribution in [0.2, 0.25) is 0 Å². The Balaban J connectivity index is 1.25. The number of piperidine rings is 1. The molecule has 0 bridgehead atoms. The molecule has 6 rings (SSSR count). The minimum absolute atomic E-state index is 0.0487. The van der Waals surface area contributed by atoms with Crippen molar-refractivity contribution >= 4 is 0 Å². The smallest absolute Gasteiger partial charge is 0.161 e. The topological polar surface area (TPSA) is 49.4 Å². The highest BCUT2D eigenvalue weighted by Crippen LogP contribution is 2.53. The van der Waals surface area contributed by atoms with E-state index in [2.05, 4.69) is 74.2 Å². The van der Waals surface area contributed by atoms with Crippen molar-refractivity contribution in [1.82, 2.24) is 4.90 Å². The van der Waals surface area contributed by atoms with Gasteiger partial charge >= 0.3 is 0 Å². The molecule has 6 nitrogen and oxygen atoms in total. The molecular formula is C38H50FNO5. The molecular weight excluding hydrogens is 569 g/mol. The highest BCUT2D eigenvalue weighted by atomic mass is 19.1. The summed E-state index contributed by atoms with van der Waals surface area (Å²) in [5, 5.41) is 0. The molecule has 1 unspecified atom stereocenters. The second-order valence-corrected chi connectivity index (χ2v) is 14.3. The zero-order chi connectivity index (χ0) is 31.8. The third-order valence-electron chi connectivity index (χ3n) is 10.4. The Morgan fingerprint density at radius 1 is 0.978 bits per heavy atom. The maximum absolute atomic E-state index is 16.4. The van der Waals surface area contributed by atoms with Crippen molar-refractivity contribution in [3.05, 3.63) is 88.6 Å². The van der Waals surface area contributed by atoms with Gasteiger partial charge < -0.3 is 28.6 Å². The van der Waals surface area contributed by atoms with E-state index >= 15 is 4.39 Å². The normalized spacial score (nSPS) is 26.7. The van der Waals surface area contributed by atoms with Crippen molar-refractivity contribution in [1.29, 1.82) is 0 Å². The average molecular weight is 620 g/mol. The Bertz CT molecular complexity index is 1390. The molecule has 7 heteroatoms. The molecule has 0 radical (unpaired) electrons. The van der Waals surface area contributed by atoms with E-state index in [0.717, 1.165) is 56.7 Å². The molecule has 4 aliphatic rings. The lowest BCUT2D eigenvalue weighted by atomic mass is 9.65. The standard InChI is InChI=1S/C38H50FNO5/c1-37(2,3)45-28-13-15-30-26(20-28)12-14-29(25-10-8-7-9-11-25)35(30)31-21-32(39)33(22-34(31)41-4)40-18-16-38(17-19-40)23-27(24-44-38)36(42-5)43-6/h7-11,13,15,20,22,27,29,31,35-36H,12,14,16-19,21,23-24H2,1-6H3/t27-,29+,31?,35-/m0/s1. The molecule has 0 amide bonds. The predicted molar refractivity (Wildman–Crippen MR) is 174 cm³/mol. The number of aryl methyl sites for hydroxylation is 1. The Kier molecular flexibility index (Phi) is 9.33. The number of methoxy groups -OCH3 is 3. The van der Waals surface area contributed by atoms with E-state index in [4.69, 9.17) is 23.7 Å². The van der Waals surface area contributed by atoms with Crippen molar-refractivity contribution in [3.8, 4) is 5.75 Å². The number of rotatable bonds is 8. The number of benzene rings is 2. The van der Waals surface area contributed by atoms with Crippen molar-refractivity contribution < 1.29 is 28.1 Å². The lowest BCUT2D eigenvalue weighted by molar-refractivity contribution is -0.136. The molecule has 2 saturated heterocycles. The van der Waals surface area contributed by atoms with Gasteiger partial charge in [-0.05, 0) is 87.6 Å². The fourth-order valence-corrected chi connectivity index (χ4v) is 8.35. The van der Waals surface area contributed by atoms with E-state index in [0.29, 0.717) is 18.7 Å². The Labute approximate surface area is 268 Å². The third-order valence-corrected chi connectivity index (χ3v) is 10.4. The van der Waals surface area contributed by atoms with Crippen LogP contribution in [0.15, 0.2) is 71.9 Å². The number of likely N-dealkylation sites (tertiary alicyclic amines) is 1. The summed E-state index contributed by atoms with van der Waals surface area (Å²) in [5.41, 5.74) is 4.07. The average Bonchev–Trinajstić information content (AvgIpc) is 3.44. The molecule has 0 saturated carbocycles. The monoisotopic (exact) mass is 619 g/mol. The first-order chi connectivity index (χ1) is 21.6. The van der Waals surface area contributed by atoms with Crippen LogP contribution in [0, 0.1) is 11.8 Å². The molecule has 2 aliphatic heterocycles. The summed E-state index contributed by atoms with van der Waals surface area (Å²) in [6.07, 6.45) is 6.62. The van der Waals surface area contributed by atoms with Crippen LogP contribution in [0.25, 0.3) is 0 Å². The van der Waals surface area contributed by atoms with Gasteiger partial charge in [-0.2, -0.15) is 0 Å². The van der Waals surface area contributed by atoms with Crippen LogP contribution in [0.1, 0.15) is 81.4 Å². The van der Waals surface area contributed by atoms with E-state index in [1.165, 1.54) is 16.7 Å². The maximum Gasteiger partial charge on any atom is 0.161 e. The molecule has 2 aromatic rings. The van der Waals surface area contributed by atoms with Crippen LogP contribution < -0.4 is 4.74 Å². The van der Waals surface area contributed by atoms with Gasteiger partial charge in [-0.1, -0.05) is 36.4 Å². The van der Waals surface area contributed by atoms with Crippen molar-refractivity contribution in [2.45, 2.75) is 88.6 Å². The molecule has 2 aliphatic carbocycles. The summed E-state index contributed by atoms with van der Waals surface area (Å²) in [6, 6.07) is 17.2. The van der Waals surface area contributed by atoms with Gasteiger partial charge in [-0.15, -0.1) is 0 Å². The molecule has 0 aromatic heterocycles. The number of nitrogens with zero attached hydrogens (tertiary/aromatic N) is 1. The number of allylic oxidation sites excluding steroid dienone is 3. The van der Waals surface area contributed by atoms with Crippen LogP contribution in [-0.2, 0) is 25.4 Å². The lowest BCUT2D eigenvalue weighted by Crippen LogP contribution is -2.44. The number of halogens is 1. The zero-order valence-electron chi connectivity index (χ0n) is 27.8. The van der Waals surface area contributed by atoms with Gasteiger partial charge in [0.15, 0.2) is 6.29 Å². The summed E-state index contributed by atoms with van der Waals surface area (Å²) in [7, 11) is 5.10. The SMILES string of the molecule is COC1=CC(N2CCC3(CC2)C[C@H](C(OC)OC)CO3)=C(F)CC1[C@@H]1c2ccc(OC(C)(C)C)cc2CC[C@@H]1c1ccccc1. The predicted octanol–water partition coefficient (Wildman–Crippen LogP) is 7.90. The second kappa shape index (κ2) is 13.1. The van der Waals surface area contributed by atoms with Crippen LogP contribution in [0.4, 0.5) is 4.39 Å². The van der Waals surface area contributed by atoms with Gasteiger partial charge in [-0.3, -0.25) is 0 Å². The minimum Gasteiger partial charge on any atom is -0.501 e. The number of fused-ring (bicyclic) bond motifs is 1. The fourth-order valence-electron chi connectivity index (χ4n) is 8.35. The fraction of sp³-hybridized carbons (Fsp3) is 0.579. The molecule has 2 heterocycles. The number of ether oxygens (including phenoxy) is 5. The van der Waals surface area contributed by atoms with E-state index in [-0.39, 0.29) is 47.0 Å². The molecule has 244 valence electrons. The largest absolute Gasteiger partial charge is 0.501 e. The van der Waals surface area contributed by atoms with Gasteiger partial charge in [0, 0.05) is 57.6 Å². The minimum atomic E-state index is -0.273. The molecule has 4 atom stereocenters. The van der Waals surface area contributed by atoms with E-state index in [1.54, 1.807) is 21.3 Å². The molecule has 2 aromatic carbocycles. The first-order valence-corrected chi connectivity index (χ1v) is 16.6. The molecule has 0 N–H and O–H groups in total. The summed E-state index contributed by atoms with van der Waals surface area (Å²) in [4.78, 5) is 2.19. The van der Waals surface area contributed by atoms with Crippen LogP contribution >= 0.6 is 0 Å². The van der Waals surface area contributed by atoms with Crippen molar-refractivity contribution in [3.63, 3.8) is 0 Å². The van der Waals surface area contributed by atoms with E-state index in [1.807, 2.05) is 6.08 Å². The van der Waals surface area contributed by atoms with E-state index in [9.17, 15) is 0 Å². The summed E-state index contributed by atoms with van der Waals surface area (Å²) in [5.74, 6) is 2.15. The highest BCUT2D eigenvalue weighted by Gasteiger charge is 2.47. The number of hydrogen-bond donors (Lipinski definition) is 0. The van der Waals surface area contributed by atoms with E-state index < -0.39 is 0 Å². The summed E-state index contributed by atoms with van der Waals surface area (Å²) >= 11 is 0. The summed E-state index contributed by atoms with van der Waals surface area (Å²) in [6.45, 7) is 8.34. The van der Waals surface area contributed by atoms with Crippen molar-refractivity contribution in [2.24, 2.45) is 11.8 Å². The zero-order valence-corrected chi connectivity index (χ0v) is 27.8. The quantitative estimate of drug-likeness (QED) is 0.280. The number of hydrogen-bond acceptors (Lipinski definition) is 6. The van der Waals surface area contributed by atoms with Gasteiger partial charge in [0.05, 0.1) is 25.0 Å². The Morgan fingerprint density at radius 3 is 2.38 bits per heavy atom. The first kappa shape index (κ1) is 32.1. The Morgan fingerprint density at radius 2 is 1.71 bits per heavy atom. The van der Waals surface area contributed by atoms with Crippen LogP contribution in [-0.4, -0.2) is 63.4 Å².